The molecule has 2 N–H and O–H groups in total. The minimum absolute atomic E-state index is 0.0553. The van der Waals surface area contributed by atoms with Crippen LogP contribution in [0.4, 0.5) is 0 Å². The number of piperazine rings is 1. The number of nitrogens with one attached hydrogen (secondary N) is 1. The molecule has 1 saturated carbocycles. The number of rotatable bonds is 7. The summed E-state index contributed by atoms with van der Waals surface area (Å²) in [7, 11) is 2.00. The first-order valence-electron chi connectivity index (χ1n) is 7.84. The van der Waals surface area contributed by atoms with Gasteiger partial charge in [-0.2, -0.15) is 0 Å². The molecule has 2 aliphatic rings. The monoisotopic (exact) mass is 269 g/mol. The van der Waals surface area contributed by atoms with E-state index < -0.39 is 0 Å². The Kier molecular flexibility index (Phi) is 5.23. The fourth-order valence-corrected chi connectivity index (χ4v) is 3.35. The Bertz CT molecular complexity index is 267. The molecule has 112 valence electrons. The van der Waals surface area contributed by atoms with Crippen molar-refractivity contribution in [1.82, 2.24) is 15.1 Å². The number of likely N-dealkylation sites (N-methyl/N-ethyl adjacent to an activating group) is 1. The summed E-state index contributed by atoms with van der Waals surface area (Å²) in [5.41, 5.74) is -0.0553. The van der Waals surface area contributed by atoms with Crippen molar-refractivity contribution in [3.05, 3.63) is 0 Å². The number of nitrogens with zero attached hydrogens (tertiary/aromatic N) is 2. The van der Waals surface area contributed by atoms with Gasteiger partial charge < -0.3 is 15.3 Å². The van der Waals surface area contributed by atoms with Crippen molar-refractivity contribution in [3.8, 4) is 0 Å². The topological polar surface area (TPSA) is 38.7 Å². The summed E-state index contributed by atoms with van der Waals surface area (Å²) in [6, 6.07) is 0. The Morgan fingerprint density at radius 1 is 1.16 bits per heavy atom. The average Bonchev–Trinajstić information content (AvgIpc) is 3.22. The Morgan fingerprint density at radius 2 is 1.74 bits per heavy atom. The molecule has 0 amide bonds. The van der Waals surface area contributed by atoms with Crippen LogP contribution in [-0.4, -0.2) is 73.4 Å². The molecule has 1 heterocycles. The van der Waals surface area contributed by atoms with Gasteiger partial charge in [0.15, 0.2) is 0 Å². The Hall–Kier alpha value is -0.160. The van der Waals surface area contributed by atoms with Crippen LogP contribution in [0.15, 0.2) is 0 Å². The molecule has 0 aromatic carbocycles. The fraction of sp³-hybridized carbons (Fsp3) is 1.00. The third kappa shape index (κ3) is 3.91. The lowest BCUT2D eigenvalue weighted by Crippen LogP contribution is -2.59. The summed E-state index contributed by atoms with van der Waals surface area (Å²) in [5, 5.41) is 13.2. The molecule has 19 heavy (non-hydrogen) atoms. The highest BCUT2D eigenvalue weighted by molar-refractivity contribution is 5.02. The van der Waals surface area contributed by atoms with Crippen LogP contribution in [0, 0.1) is 11.8 Å². The molecule has 0 spiro atoms. The summed E-state index contributed by atoms with van der Waals surface area (Å²) in [5.74, 6) is 1.43. The third-order valence-electron chi connectivity index (χ3n) is 4.73. The van der Waals surface area contributed by atoms with E-state index >= 15 is 0 Å². The quantitative estimate of drug-likeness (QED) is 0.711. The highest BCUT2D eigenvalue weighted by Gasteiger charge is 2.44. The van der Waals surface area contributed by atoms with Gasteiger partial charge in [-0.3, -0.25) is 4.90 Å². The van der Waals surface area contributed by atoms with Crippen LogP contribution in [0.3, 0.4) is 0 Å². The van der Waals surface area contributed by atoms with Gasteiger partial charge in [0.1, 0.15) is 0 Å². The predicted molar refractivity (Wildman–Crippen MR) is 79.3 cm³/mol. The Morgan fingerprint density at radius 3 is 2.16 bits per heavy atom. The molecule has 2 rings (SSSR count). The minimum Gasteiger partial charge on any atom is -0.394 e. The van der Waals surface area contributed by atoms with Crippen molar-refractivity contribution in [1.29, 1.82) is 0 Å². The molecule has 4 heteroatoms. The van der Waals surface area contributed by atoms with E-state index in [9.17, 15) is 5.11 Å². The lowest BCUT2D eigenvalue weighted by atomic mass is 9.93. The van der Waals surface area contributed by atoms with E-state index in [0.717, 1.165) is 25.6 Å². The van der Waals surface area contributed by atoms with Gasteiger partial charge in [0, 0.05) is 39.3 Å². The second kappa shape index (κ2) is 6.53. The molecule has 1 atom stereocenters. The highest BCUT2D eigenvalue weighted by Crippen LogP contribution is 2.39. The summed E-state index contributed by atoms with van der Waals surface area (Å²) in [6.45, 7) is 11.7. The number of aliphatic hydroxyl groups excluding tert-OH is 1. The standard InChI is InChI=1S/C15H31N3O/c1-13(2)10-17-6-8-18(9-7-17)11-15(12-19,16-3)14-4-5-14/h13-14,16,19H,4-12H2,1-3H3. The van der Waals surface area contributed by atoms with Crippen LogP contribution >= 0.6 is 0 Å². The van der Waals surface area contributed by atoms with Gasteiger partial charge in [0.25, 0.3) is 0 Å². The van der Waals surface area contributed by atoms with Crippen LogP contribution in [0.25, 0.3) is 0 Å². The maximum atomic E-state index is 9.79. The molecule has 1 unspecified atom stereocenters. The van der Waals surface area contributed by atoms with Crippen molar-refractivity contribution >= 4 is 0 Å². The first kappa shape index (κ1) is 15.2. The smallest absolute Gasteiger partial charge is 0.0628 e. The van der Waals surface area contributed by atoms with E-state index in [1.54, 1.807) is 0 Å². The van der Waals surface area contributed by atoms with Crippen LogP contribution in [0.1, 0.15) is 26.7 Å². The predicted octanol–water partition coefficient (Wildman–Crippen LogP) is 0.621. The van der Waals surface area contributed by atoms with Crippen molar-refractivity contribution < 1.29 is 5.11 Å². The lowest BCUT2D eigenvalue weighted by molar-refractivity contribution is 0.0608. The van der Waals surface area contributed by atoms with E-state index in [1.165, 1.54) is 32.5 Å². The molecule has 4 nitrogen and oxygen atoms in total. The van der Waals surface area contributed by atoms with E-state index in [1.807, 2.05) is 7.05 Å². The van der Waals surface area contributed by atoms with Gasteiger partial charge in [0.2, 0.25) is 0 Å². The van der Waals surface area contributed by atoms with Crippen LogP contribution < -0.4 is 5.32 Å². The normalized spacial score (nSPS) is 25.7. The number of hydrogen-bond acceptors (Lipinski definition) is 4. The third-order valence-corrected chi connectivity index (χ3v) is 4.73. The second-order valence-corrected chi connectivity index (χ2v) is 6.81. The lowest BCUT2D eigenvalue weighted by Gasteiger charge is -2.41. The SMILES string of the molecule is CNC(CO)(CN1CCN(CC(C)C)CC1)C1CC1. The van der Waals surface area contributed by atoms with Gasteiger partial charge in [0.05, 0.1) is 12.1 Å². The van der Waals surface area contributed by atoms with E-state index in [2.05, 4.69) is 29.0 Å². The minimum atomic E-state index is -0.0553. The van der Waals surface area contributed by atoms with Crippen molar-refractivity contribution in [2.45, 2.75) is 32.2 Å². The van der Waals surface area contributed by atoms with Crippen LogP contribution in [0.5, 0.6) is 0 Å². The molecule has 1 aliphatic heterocycles. The van der Waals surface area contributed by atoms with Crippen LogP contribution in [-0.2, 0) is 0 Å². The zero-order valence-electron chi connectivity index (χ0n) is 12.9. The zero-order chi connectivity index (χ0) is 13.9. The van der Waals surface area contributed by atoms with E-state index in [0.29, 0.717) is 5.92 Å². The summed E-state index contributed by atoms with van der Waals surface area (Å²) < 4.78 is 0. The van der Waals surface area contributed by atoms with E-state index in [-0.39, 0.29) is 12.1 Å². The zero-order valence-corrected chi connectivity index (χ0v) is 12.9. The summed E-state index contributed by atoms with van der Waals surface area (Å²) in [6.07, 6.45) is 2.55. The van der Waals surface area contributed by atoms with E-state index in [4.69, 9.17) is 0 Å². The summed E-state index contributed by atoms with van der Waals surface area (Å²) >= 11 is 0. The van der Waals surface area contributed by atoms with Gasteiger partial charge in [-0.1, -0.05) is 13.8 Å². The molecule has 1 saturated heterocycles. The molecule has 2 fully saturated rings. The number of aliphatic hydroxyl groups is 1. The van der Waals surface area contributed by atoms with Gasteiger partial charge in [-0.25, -0.2) is 0 Å². The molecule has 1 aliphatic carbocycles. The first-order chi connectivity index (χ1) is 9.09. The molecular formula is C15H31N3O. The summed E-state index contributed by atoms with van der Waals surface area (Å²) in [4.78, 5) is 5.10. The Labute approximate surface area is 118 Å². The van der Waals surface area contributed by atoms with Crippen LogP contribution in [0.2, 0.25) is 0 Å². The molecular weight excluding hydrogens is 238 g/mol. The van der Waals surface area contributed by atoms with Gasteiger partial charge in [-0.05, 0) is 31.7 Å². The fourth-order valence-electron chi connectivity index (χ4n) is 3.35. The molecule has 0 aromatic rings. The second-order valence-electron chi connectivity index (χ2n) is 6.81. The largest absolute Gasteiger partial charge is 0.394 e. The van der Waals surface area contributed by atoms with Crippen molar-refractivity contribution in [3.63, 3.8) is 0 Å². The van der Waals surface area contributed by atoms with Crippen molar-refractivity contribution in [2.75, 3.05) is 52.9 Å². The molecule has 0 radical (unpaired) electrons. The maximum Gasteiger partial charge on any atom is 0.0628 e. The Balaban J connectivity index is 1.81. The average molecular weight is 269 g/mol. The van der Waals surface area contributed by atoms with Gasteiger partial charge >= 0.3 is 0 Å². The molecule has 0 aromatic heterocycles. The maximum absolute atomic E-state index is 9.79. The van der Waals surface area contributed by atoms with Crippen molar-refractivity contribution in [2.24, 2.45) is 11.8 Å². The first-order valence-corrected chi connectivity index (χ1v) is 7.84. The molecule has 0 bridgehead atoms. The van der Waals surface area contributed by atoms with Gasteiger partial charge in [-0.15, -0.1) is 0 Å². The number of hydrogen-bond donors (Lipinski definition) is 2. The highest BCUT2D eigenvalue weighted by atomic mass is 16.3.